The molecule has 2 amide bonds. The molecule has 144 valence electrons. The number of rotatable bonds is 6. The van der Waals surface area contributed by atoms with Crippen LogP contribution < -0.4 is 11.1 Å². The molecule has 2 atom stereocenters. The molecular formula is C18H22N4O5. The van der Waals surface area contributed by atoms with Gasteiger partial charge in [-0.15, -0.1) is 0 Å². The number of hydrogen-bond acceptors (Lipinski definition) is 7. The lowest BCUT2D eigenvalue weighted by Crippen LogP contribution is -2.54. The number of morpholine rings is 1. The average molecular weight is 374 g/mol. The number of nitrogens with one attached hydrogen (secondary N) is 1. The molecule has 0 saturated carbocycles. The Morgan fingerprint density at radius 3 is 2.74 bits per heavy atom. The minimum Gasteiger partial charge on any atom is -0.394 e. The lowest BCUT2D eigenvalue weighted by molar-refractivity contribution is -0.160. The van der Waals surface area contributed by atoms with Gasteiger partial charge < -0.3 is 30.3 Å². The highest BCUT2D eigenvalue weighted by atomic mass is 16.5. The van der Waals surface area contributed by atoms with E-state index in [2.05, 4.69) is 10.5 Å². The summed E-state index contributed by atoms with van der Waals surface area (Å²) in [4.78, 5) is 25.7. The minimum absolute atomic E-state index is 0.0643. The van der Waals surface area contributed by atoms with E-state index in [1.54, 1.807) is 42.2 Å². The largest absolute Gasteiger partial charge is 0.394 e. The molecule has 3 rings (SSSR count). The number of aromatic nitrogens is 1. The van der Waals surface area contributed by atoms with Crippen molar-refractivity contribution in [2.24, 2.45) is 5.73 Å². The molecule has 4 N–H and O–H groups in total. The summed E-state index contributed by atoms with van der Waals surface area (Å²) in [5, 5.41) is 16.2. The molecule has 0 bridgehead atoms. The van der Waals surface area contributed by atoms with Crippen molar-refractivity contribution in [3.8, 4) is 0 Å². The molecule has 27 heavy (non-hydrogen) atoms. The van der Waals surface area contributed by atoms with Crippen LogP contribution in [0.15, 0.2) is 34.9 Å². The first-order valence-electron chi connectivity index (χ1n) is 8.60. The van der Waals surface area contributed by atoms with E-state index in [9.17, 15) is 14.7 Å². The van der Waals surface area contributed by atoms with Crippen LogP contribution >= 0.6 is 0 Å². The third-order valence-corrected chi connectivity index (χ3v) is 4.37. The Kier molecular flexibility index (Phi) is 5.84. The zero-order valence-corrected chi connectivity index (χ0v) is 14.9. The van der Waals surface area contributed by atoms with Crippen molar-refractivity contribution in [2.45, 2.75) is 19.1 Å². The summed E-state index contributed by atoms with van der Waals surface area (Å²) < 4.78 is 10.5. The summed E-state index contributed by atoms with van der Waals surface area (Å²) in [5.74, 6) is -0.0134. The van der Waals surface area contributed by atoms with Gasteiger partial charge in [-0.3, -0.25) is 9.59 Å². The second kappa shape index (κ2) is 8.30. The maximum atomic E-state index is 12.1. The third-order valence-electron chi connectivity index (χ3n) is 4.37. The fourth-order valence-electron chi connectivity index (χ4n) is 3.07. The van der Waals surface area contributed by atoms with Crippen LogP contribution in [0.1, 0.15) is 27.9 Å². The predicted octanol–water partition coefficient (Wildman–Crippen LogP) is 0.455. The smallest absolute Gasteiger partial charge is 0.277 e. The van der Waals surface area contributed by atoms with E-state index in [1.165, 1.54) is 0 Å². The molecule has 0 spiro atoms. The summed E-state index contributed by atoms with van der Waals surface area (Å²) in [6, 6.07) is 8.06. The Bertz CT molecular complexity index is 804. The molecule has 2 heterocycles. The number of amides is 2. The first-order valence-corrected chi connectivity index (χ1v) is 8.60. The maximum Gasteiger partial charge on any atom is 0.277 e. The molecule has 1 aromatic carbocycles. The molecular weight excluding hydrogens is 352 g/mol. The first-order chi connectivity index (χ1) is 13.0. The number of hydrogen-bond donors (Lipinski definition) is 3. The monoisotopic (exact) mass is 374 g/mol. The summed E-state index contributed by atoms with van der Waals surface area (Å²) in [6.07, 6.45) is -0.470. The topological polar surface area (TPSA) is 131 Å². The number of benzene rings is 1. The molecule has 9 nitrogen and oxygen atoms in total. The summed E-state index contributed by atoms with van der Waals surface area (Å²) >= 11 is 0. The Hall–Kier alpha value is -2.75. The number of anilines is 1. The fraction of sp³-hybridized carbons (Fsp3) is 0.389. The number of nitrogens with zero attached hydrogens (tertiary/aromatic N) is 2. The van der Waals surface area contributed by atoms with E-state index in [1.807, 2.05) is 0 Å². The van der Waals surface area contributed by atoms with Crippen molar-refractivity contribution in [3.05, 3.63) is 47.3 Å². The molecule has 1 fully saturated rings. The van der Waals surface area contributed by atoms with Crippen molar-refractivity contribution in [1.29, 1.82) is 0 Å². The highest BCUT2D eigenvalue weighted by Crippen LogP contribution is 2.29. The summed E-state index contributed by atoms with van der Waals surface area (Å²) in [5.41, 5.74) is 7.14. The van der Waals surface area contributed by atoms with Crippen LogP contribution in [0.5, 0.6) is 0 Å². The number of ether oxygens (including phenoxy) is 1. The highest BCUT2D eigenvalue weighted by Gasteiger charge is 2.36. The Morgan fingerprint density at radius 1 is 1.41 bits per heavy atom. The van der Waals surface area contributed by atoms with E-state index in [0.29, 0.717) is 24.5 Å². The van der Waals surface area contributed by atoms with E-state index in [-0.39, 0.29) is 30.7 Å². The number of nitrogens with two attached hydrogens (primary N) is 1. The number of carbonyl (C=O) groups is 2. The van der Waals surface area contributed by atoms with Crippen LogP contribution in [0.25, 0.3) is 0 Å². The number of aliphatic hydroxyl groups is 1. The molecule has 0 aliphatic carbocycles. The molecule has 1 aliphatic heterocycles. The maximum absolute atomic E-state index is 12.1. The van der Waals surface area contributed by atoms with E-state index < -0.39 is 12.1 Å². The van der Waals surface area contributed by atoms with Crippen LogP contribution in [0.3, 0.4) is 0 Å². The molecule has 1 aromatic heterocycles. The van der Waals surface area contributed by atoms with Gasteiger partial charge in [0.1, 0.15) is 18.5 Å². The van der Waals surface area contributed by atoms with Gasteiger partial charge in [0, 0.05) is 24.8 Å². The van der Waals surface area contributed by atoms with Gasteiger partial charge in [-0.1, -0.05) is 17.3 Å². The zero-order valence-electron chi connectivity index (χ0n) is 14.9. The molecule has 1 saturated heterocycles. The number of aliphatic hydroxyl groups excluding tert-OH is 1. The van der Waals surface area contributed by atoms with Crippen molar-refractivity contribution in [3.63, 3.8) is 0 Å². The Labute approximate surface area is 156 Å². The van der Waals surface area contributed by atoms with Gasteiger partial charge in [-0.2, -0.15) is 0 Å². The van der Waals surface area contributed by atoms with Gasteiger partial charge in [-0.05, 0) is 24.6 Å². The predicted molar refractivity (Wildman–Crippen MR) is 96.0 cm³/mol. The number of carbonyl (C=O) groups excluding carboxylic acids is 2. The van der Waals surface area contributed by atoms with Crippen LogP contribution in [0.2, 0.25) is 0 Å². The lowest BCUT2D eigenvalue weighted by Gasteiger charge is -2.40. The van der Waals surface area contributed by atoms with Crippen LogP contribution in [-0.4, -0.2) is 59.3 Å². The molecule has 0 radical (unpaired) electrons. The highest BCUT2D eigenvalue weighted by molar-refractivity contribution is 6.02. The summed E-state index contributed by atoms with van der Waals surface area (Å²) in [7, 11) is 0. The van der Waals surface area contributed by atoms with Crippen molar-refractivity contribution < 1.29 is 24.0 Å². The molecule has 2 aromatic rings. The first kappa shape index (κ1) is 19.0. The molecule has 1 aliphatic rings. The van der Waals surface area contributed by atoms with Crippen LogP contribution in [0, 0.1) is 6.92 Å². The summed E-state index contributed by atoms with van der Waals surface area (Å²) in [6.45, 7) is 2.07. The Balaban J connectivity index is 1.72. The SMILES string of the molecule is Cc1cc(C(=O)Nc2ccc([C@H]3OCC(=O)N(CCN)[C@@H]3CO)cc2)no1. The van der Waals surface area contributed by atoms with Gasteiger partial charge in [0.25, 0.3) is 5.91 Å². The second-order valence-electron chi connectivity index (χ2n) is 6.26. The van der Waals surface area contributed by atoms with Gasteiger partial charge >= 0.3 is 0 Å². The quantitative estimate of drug-likeness (QED) is 0.669. The minimum atomic E-state index is -0.506. The standard InChI is InChI=1S/C18H22N4O5/c1-11-8-14(21-27-11)18(25)20-13-4-2-12(3-5-13)17-15(9-23)22(7-6-19)16(24)10-26-17/h2-5,8,15,17,23H,6-7,9-10,19H2,1H3,(H,20,25)/t15-,17-/m1/s1. The molecule has 0 unspecified atom stereocenters. The average Bonchev–Trinajstić information content (AvgIpc) is 3.11. The van der Waals surface area contributed by atoms with Crippen molar-refractivity contribution in [1.82, 2.24) is 10.1 Å². The van der Waals surface area contributed by atoms with Gasteiger partial charge in [0.15, 0.2) is 5.69 Å². The van der Waals surface area contributed by atoms with Crippen molar-refractivity contribution >= 4 is 17.5 Å². The van der Waals surface area contributed by atoms with E-state index in [0.717, 1.165) is 5.56 Å². The Morgan fingerprint density at radius 2 is 2.15 bits per heavy atom. The van der Waals surface area contributed by atoms with Gasteiger partial charge in [0.05, 0.1) is 12.6 Å². The van der Waals surface area contributed by atoms with Gasteiger partial charge in [0.2, 0.25) is 5.91 Å². The second-order valence-corrected chi connectivity index (χ2v) is 6.26. The van der Waals surface area contributed by atoms with Crippen LogP contribution in [-0.2, 0) is 9.53 Å². The zero-order chi connectivity index (χ0) is 19.4. The number of aryl methyl sites for hydroxylation is 1. The van der Waals surface area contributed by atoms with Crippen LogP contribution in [0.4, 0.5) is 5.69 Å². The fourth-order valence-corrected chi connectivity index (χ4v) is 3.07. The lowest BCUT2D eigenvalue weighted by atomic mass is 9.99. The normalized spacial score (nSPS) is 20.0. The third kappa shape index (κ3) is 4.16. The molecule has 9 heteroatoms. The van der Waals surface area contributed by atoms with E-state index in [4.69, 9.17) is 15.0 Å². The van der Waals surface area contributed by atoms with Crippen molar-refractivity contribution in [2.75, 3.05) is 31.6 Å². The van der Waals surface area contributed by atoms with Gasteiger partial charge in [-0.25, -0.2) is 0 Å². The van der Waals surface area contributed by atoms with E-state index >= 15 is 0 Å².